The Kier molecular flexibility index (Phi) is 4.39. The van der Waals surface area contributed by atoms with Crippen LogP contribution in [0.5, 0.6) is 5.75 Å². The third-order valence-electron chi connectivity index (χ3n) is 5.59. The van der Waals surface area contributed by atoms with E-state index in [1.165, 1.54) is 0 Å². The Bertz CT molecular complexity index is 1170. The molecule has 0 aliphatic carbocycles. The molecule has 5 rings (SSSR count). The quantitative estimate of drug-likeness (QED) is 0.545. The first kappa shape index (κ1) is 18.2. The molecule has 0 amide bonds. The summed E-state index contributed by atoms with van der Waals surface area (Å²) < 4.78 is 2.01. The van der Waals surface area contributed by atoms with Crippen LogP contribution in [0, 0.1) is 0 Å². The van der Waals surface area contributed by atoms with Gasteiger partial charge in [-0.05, 0) is 49.4 Å². The van der Waals surface area contributed by atoms with Crippen LogP contribution in [0.2, 0.25) is 0 Å². The summed E-state index contributed by atoms with van der Waals surface area (Å²) in [5.74, 6) is 1.40. The zero-order valence-corrected chi connectivity index (χ0v) is 16.7. The number of aromatic nitrogens is 4. The van der Waals surface area contributed by atoms with Gasteiger partial charge in [0.15, 0.2) is 5.65 Å². The topological polar surface area (TPSA) is 96.3 Å². The molecule has 0 spiro atoms. The highest BCUT2D eigenvalue weighted by Crippen LogP contribution is 2.28. The lowest BCUT2D eigenvalue weighted by molar-refractivity contribution is 0.475. The summed E-state index contributed by atoms with van der Waals surface area (Å²) in [6.07, 6.45) is 5.48. The number of hydrogen-bond donors (Lipinski definition) is 2. The monoisotopic (exact) mass is 401 g/mol. The Labute approximate surface area is 174 Å². The second kappa shape index (κ2) is 7.22. The summed E-state index contributed by atoms with van der Waals surface area (Å²) in [4.78, 5) is 18.1. The van der Waals surface area contributed by atoms with Crippen molar-refractivity contribution < 1.29 is 5.11 Å². The highest BCUT2D eigenvalue weighted by atomic mass is 16.3. The van der Waals surface area contributed by atoms with Gasteiger partial charge in [0.25, 0.3) is 0 Å². The van der Waals surface area contributed by atoms with Gasteiger partial charge in [0.1, 0.15) is 11.6 Å². The lowest BCUT2D eigenvalue weighted by Gasteiger charge is -2.41. The fourth-order valence-corrected chi connectivity index (χ4v) is 4.05. The van der Waals surface area contributed by atoms with E-state index in [2.05, 4.69) is 26.7 Å². The molecule has 8 nitrogen and oxygen atoms in total. The molecule has 1 aromatic carbocycles. The van der Waals surface area contributed by atoms with Crippen molar-refractivity contribution in [2.45, 2.75) is 13.0 Å². The highest BCUT2D eigenvalue weighted by Gasteiger charge is 2.26. The number of hydrogen-bond acceptors (Lipinski definition) is 7. The van der Waals surface area contributed by atoms with Gasteiger partial charge in [-0.25, -0.2) is 0 Å². The number of rotatable bonds is 3. The van der Waals surface area contributed by atoms with Gasteiger partial charge in [0.2, 0.25) is 5.95 Å². The molecule has 4 aromatic rings. The molecule has 1 aliphatic heterocycles. The minimum Gasteiger partial charge on any atom is -0.508 e. The van der Waals surface area contributed by atoms with Gasteiger partial charge in [-0.15, -0.1) is 0 Å². The van der Waals surface area contributed by atoms with Crippen molar-refractivity contribution >= 4 is 28.5 Å². The van der Waals surface area contributed by atoms with Gasteiger partial charge >= 0.3 is 0 Å². The number of anilines is 3. The van der Waals surface area contributed by atoms with Crippen LogP contribution in [-0.4, -0.2) is 50.3 Å². The molecule has 1 aliphatic rings. The predicted octanol–water partition coefficient (Wildman–Crippen LogP) is 2.82. The first-order valence-electron chi connectivity index (χ1n) is 9.96. The van der Waals surface area contributed by atoms with E-state index in [9.17, 15) is 5.11 Å². The summed E-state index contributed by atoms with van der Waals surface area (Å²) in [5, 5.41) is 10.4. The van der Waals surface area contributed by atoms with E-state index < -0.39 is 0 Å². The van der Waals surface area contributed by atoms with E-state index in [0.29, 0.717) is 11.8 Å². The fourth-order valence-electron chi connectivity index (χ4n) is 4.05. The molecule has 0 bridgehead atoms. The van der Waals surface area contributed by atoms with E-state index in [1.54, 1.807) is 24.5 Å². The third-order valence-corrected chi connectivity index (χ3v) is 5.59. The largest absolute Gasteiger partial charge is 0.508 e. The first-order chi connectivity index (χ1) is 14.6. The maximum Gasteiger partial charge on any atom is 0.229 e. The number of nitrogens with two attached hydrogens (primary N) is 1. The summed E-state index contributed by atoms with van der Waals surface area (Å²) in [7, 11) is 0. The molecule has 1 unspecified atom stereocenters. The minimum absolute atomic E-state index is 0.260. The average Bonchev–Trinajstić information content (AvgIpc) is 3.20. The lowest BCUT2D eigenvalue weighted by Crippen LogP contribution is -2.52. The predicted molar refractivity (Wildman–Crippen MR) is 118 cm³/mol. The van der Waals surface area contributed by atoms with E-state index in [4.69, 9.17) is 10.7 Å². The summed E-state index contributed by atoms with van der Waals surface area (Å²) in [6, 6.07) is 13.4. The van der Waals surface area contributed by atoms with Crippen molar-refractivity contribution in [3.8, 4) is 11.4 Å². The van der Waals surface area contributed by atoms with E-state index >= 15 is 0 Å². The summed E-state index contributed by atoms with van der Waals surface area (Å²) in [5.41, 5.74) is 9.15. The molecule has 1 saturated heterocycles. The normalized spacial score (nSPS) is 16.9. The number of benzene rings is 1. The smallest absolute Gasteiger partial charge is 0.229 e. The van der Waals surface area contributed by atoms with Crippen LogP contribution in [-0.2, 0) is 0 Å². The Morgan fingerprint density at radius 1 is 0.967 bits per heavy atom. The molecule has 30 heavy (non-hydrogen) atoms. The molecule has 8 heteroatoms. The molecule has 152 valence electrons. The van der Waals surface area contributed by atoms with Crippen molar-refractivity contribution in [3.63, 3.8) is 0 Å². The number of aromatic hydroxyl groups is 1. The number of phenolic OH excluding ortho intramolecular Hbond substituents is 1. The highest BCUT2D eigenvalue weighted by molar-refractivity contribution is 5.88. The second-order valence-corrected chi connectivity index (χ2v) is 7.54. The van der Waals surface area contributed by atoms with Crippen molar-refractivity contribution in [2.24, 2.45) is 0 Å². The number of pyridine rings is 1. The zero-order valence-electron chi connectivity index (χ0n) is 16.7. The van der Waals surface area contributed by atoms with Gasteiger partial charge in [-0.1, -0.05) is 0 Å². The van der Waals surface area contributed by atoms with Crippen LogP contribution in [0.4, 0.5) is 17.5 Å². The van der Waals surface area contributed by atoms with Gasteiger partial charge < -0.3 is 25.2 Å². The molecule has 1 fully saturated rings. The maximum atomic E-state index is 9.55. The number of fused-ring (bicyclic) bond motifs is 1. The van der Waals surface area contributed by atoms with E-state index in [-0.39, 0.29) is 11.8 Å². The number of phenols is 1. The van der Waals surface area contributed by atoms with Gasteiger partial charge in [-0.2, -0.15) is 9.97 Å². The fraction of sp³-hybridized carbons (Fsp3) is 0.227. The first-order valence-corrected chi connectivity index (χ1v) is 9.96. The molecule has 3 aromatic heterocycles. The van der Waals surface area contributed by atoms with Crippen LogP contribution >= 0.6 is 0 Å². The van der Waals surface area contributed by atoms with Gasteiger partial charge in [0, 0.05) is 50.0 Å². The number of nitrogens with zero attached hydrogens (tertiary/aromatic N) is 6. The van der Waals surface area contributed by atoms with Crippen molar-refractivity contribution in [2.75, 3.05) is 35.2 Å². The molecular weight excluding hydrogens is 378 g/mol. The van der Waals surface area contributed by atoms with Crippen LogP contribution < -0.4 is 15.5 Å². The molecule has 4 heterocycles. The Balaban J connectivity index is 1.45. The van der Waals surface area contributed by atoms with E-state index in [0.717, 1.165) is 42.0 Å². The Hall–Kier alpha value is -3.81. The Morgan fingerprint density at radius 2 is 1.73 bits per heavy atom. The van der Waals surface area contributed by atoms with Crippen molar-refractivity contribution in [3.05, 3.63) is 61.1 Å². The molecule has 0 radical (unpaired) electrons. The lowest BCUT2D eigenvalue weighted by atomic mass is 10.1. The second-order valence-electron chi connectivity index (χ2n) is 7.54. The number of nitrogen functional groups attached to an aromatic ring is 1. The van der Waals surface area contributed by atoms with Crippen molar-refractivity contribution in [1.82, 2.24) is 19.5 Å². The third kappa shape index (κ3) is 3.16. The van der Waals surface area contributed by atoms with Crippen molar-refractivity contribution in [1.29, 1.82) is 0 Å². The van der Waals surface area contributed by atoms with Crippen LogP contribution in [0.3, 0.4) is 0 Å². The van der Waals surface area contributed by atoms with Crippen LogP contribution in [0.25, 0.3) is 16.7 Å². The zero-order chi connectivity index (χ0) is 20.7. The number of piperazine rings is 1. The molecular formula is C22H23N7O. The maximum absolute atomic E-state index is 9.55. The Morgan fingerprint density at radius 3 is 2.47 bits per heavy atom. The van der Waals surface area contributed by atoms with Gasteiger partial charge in [-0.3, -0.25) is 4.98 Å². The summed E-state index contributed by atoms with van der Waals surface area (Å²) in [6.45, 7) is 4.58. The molecule has 1 atom stereocenters. The van der Waals surface area contributed by atoms with Crippen LogP contribution in [0.15, 0.2) is 61.1 Å². The van der Waals surface area contributed by atoms with Crippen LogP contribution in [0.1, 0.15) is 6.92 Å². The average molecular weight is 401 g/mol. The van der Waals surface area contributed by atoms with E-state index in [1.807, 2.05) is 41.1 Å². The molecule has 0 saturated carbocycles. The summed E-state index contributed by atoms with van der Waals surface area (Å²) >= 11 is 0. The standard InChI is InChI=1S/C22H23N7O/c1-15-14-27(12-13-28(15)16-2-4-18(30)5-3-16)22-25-20(23)19-8-11-29(21(19)26-22)17-6-9-24-10-7-17/h2-11,15,30H,12-14H2,1H3,(H2,23,25,26). The minimum atomic E-state index is 0.260. The molecule has 3 N–H and O–H groups in total. The SMILES string of the molecule is CC1CN(c2nc(N)c3ccn(-c4ccncc4)c3n2)CCN1c1ccc(O)cc1. The van der Waals surface area contributed by atoms with Gasteiger partial charge in [0.05, 0.1) is 11.1 Å².